The number of hydrogen-bond donors (Lipinski definition) is 2. The molecule has 11 heteroatoms. The normalized spacial score (nSPS) is 14.2. The Morgan fingerprint density at radius 2 is 1.95 bits per heavy atom. The SMILES string of the molecule is CC(C)CC1Nc2nc(Oc3cccc(C(=O)N(C)C)c3)nc(Oc3cc(Br)cc(C#N)c3)c2NC1=O. The first-order valence-electron chi connectivity index (χ1n) is 11.5. The molecule has 1 aliphatic heterocycles. The van der Waals surface area contributed by atoms with Crippen molar-refractivity contribution in [2.45, 2.75) is 26.3 Å². The van der Waals surface area contributed by atoms with Crippen molar-refractivity contribution in [3.8, 4) is 29.5 Å². The van der Waals surface area contributed by atoms with Crippen molar-refractivity contribution in [3.63, 3.8) is 0 Å². The number of carbonyl (C=O) groups is 2. The molecule has 37 heavy (non-hydrogen) atoms. The molecule has 1 aromatic heterocycles. The van der Waals surface area contributed by atoms with Crippen LogP contribution in [0.25, 0.3) is 0 Å². The number of fused-ring (bicyclic) bond motifs is 1. The van der Waals surface area contributed by atoms with E-state index in [2.05, 4.69) is 42.6 Å². The van der Waals surface area contributed by atoms with Crippen LogP contribution in [0.4, 0.5) is 11.5 Å². The number of hydrogen-bond acceptors (Lipinski definition) is 8. The molecule has 0 fully saturated rings. The van der Waals surface area contributed by atoms with Gasteiger partial charge in [0.15, 0.2) is 5.82 Å². The van der Waals surface area contributed by atoms with Gasteiger partial charge in [-0.05, 0) is 48.7 Å². The number of aromatic nitrogens is 2. The van der Waals surface area contributed by atoms with E-state index in [1.54, 1.807) is 56.6 Å². The summed E-state index contributed by atoms with van der Waals surface area (Å²) >= 11 is 3.37. The highest BCUT2D eigenvalue weighted by Crippen LogP contribution is 2.39. The van der Waals surface area contributed by atoms with E-state index in [0.29, 0.717) is 39.3 Å². The molecule has 0 saturated heterocycles. The van der Waals surface area contributed by atoms with Crippen molar-refractivity contribution in [2.75, 3.05) is 24.7 Å². The molecule has 1 atom stereocenters. The lowest BCUT2D eigenvalue weighted by molar-refractivity contribution is -0.117. The number of benzene rings is 2. The van der Waals surface area contributed by atoms with Gasteiger partial charge in [-0.3, -0.25) is 9.59 Å². The Bertz CT molecular complexity index is 1400. The summed E-state index contributed by atoms with van der Waals surface area (Å²) in [6.07, 6.45) is 0.591. The van der Waals surface area contributed by atoms with Crippen LogP contribution in [0, 0.1) is 17.2 Å². The molecule has 0 bridgehead atoms. The van der Waals surface area contributed by atoms with Crippen LogP contribution in [-0.2, 0) is 4.79 Å². The maximum absolute atomic E-state index is 12.8. The second kappa shape index (κ2) is 10.8. The Balaban J connectivity index is 1.74. The number of carbonyl (C=O) groups excluding carboxylic acids is 2. The van der Waals surface area contributed by atoms with E-state index in [9.17, 15) is 14.9 Å². The zero-order valence-electron chi connectivity index (χ0n) is 20.7. The van der Waals surface area contributed by atoms with Crippen molar-refractivity contribution in [2.24, 2.45) is 5.92 Å². The van der Waals surface area contributed by atoms with E-state index in [1.807, 2.05) is 13.8 Å². The topological polar surface area (TPSA) is 129 Å². The van der Waals surface area contributed by atoms with Gasteiger partial charge in [0, 0.05) is 24.1 Å². The molecule has 4 rings (SSSR count). The van der Waals surface area contributed by atoms with Crippen LogP contribution in [-0.4, -0.2) is 46.8 Å². The van der Waals surface area contributed by atoms with Crippen molar-refractivity contribution in [1.29, 1.82) is 5.26 Å². The molecule has 0 saturated carbocycles. The summed E-state index contributed by atoms with van der Waals surface area (Å²) < 4.78 is 12.6. The highest BCUT2D eigenvalue weighted by atomic mass is 79.9. The molecule has 1 aliphatic rings. The van der Waals surface area contributed by atoms with Gasteiger partial charge < -0.3 is 25.0 Å². The molecule has 1 unspecified atom stereocenters. The first-order valence-corrected chi connectivity index (χ1v) is 12.3. The largest absolute Gasteiger partial charge is 0.437 e. The maximum Gasteiger partial charge on any atom is 0.327 e. The summed E-state index contributed by atoms with van der Waals surface area (Å²) in [7, 11) is 3.33. The zero-order valence-corrected chi connectivity index (χ0v) is 22.3. The van der Waals surface area contributed by atoms with Gasteiger partial charge in [0.05, 0.1) is 11.6 Å². The number of nitriles is 1. The van der Waals surface area contributed by atoms with Crippen LogP contribution in [0.1, 0.15) is 36.2 Å². The minimum atomic E-state index is -0.500. The smallest absolute Gasteiger partial charge is 0.327 e. The van der Waals surface area contributed by atoms with Crippen molar-refractivity contribution < 1.29 is 19.1 Å². The third kappa shape index (κ3) is 6.16. The predicted molar refractivity (Wildman–Crippen MR) is 141 cm³/mol. The van der Waals surface area contributed by atoms with Gasteiger partial charge in [-0.15, -0.1) is 0 Å². The van der Waals surface area contributed by atoms with Crippen LogP contribution in [0.3, 0.4) is 0 Å². The van der Waals surface area contributed by atoms with E-state index in [1.165, 1.54) is 4.90 Å². The molecule has 2 amide bonds. The highest BCUT2D eigenvalue weighted by molar-refractivity contribution is 9.10. The summed E-state index contributed by atoms with van der Waals surface area (Å²) in [5.74, 6) is 0.907. The fraction of sp³-hybridized carbons (Fsp3) is 0.269. The van der Waals surface area contributed by atoms with Gasteiger partial charge in [0.2, 0.25) is 5.91 Å². The molecule has 190 valence electrons. The molecule has 0 radical (unpaired) electrons. The molecule has 2 aromatic carbocycles. The average molecular weight is 565 g/mol. The molecule has 3 aromatic rings. The molecule has 10 nitrogen and oxygen atoms in total. The van der Waals surface area contributed by atoms with Gasteiger partial charge >= 0.3 is 6.01 Å². The summed E-state index contributed by atoms with van der Waals surface area (Å²) in [5.41, 5.74) is 1.08. The highest BCUT2D eigenvalue weighted by Gasteiger charge is 2.31. The fourth-order valence-electron chi connectivity index (χ4n) is 3.69. The van der Waals surface area contributed by atoms with Crippen LogP contribution >= 0.6 is 15.9 Å². The standard InChI is InChI=1S/C26H25BrN6O4/c1-14(2)8-20-23(34)30-21-22(29-20)31-26(37-18-7-5-6-16(11-18)25(35)33(3)4)32-24(21)36-19-10-15(13-28)9-17(27)12-19/h5-7,9-12,14,20H,8H2,1-4H3,(H,30,34)(H,29,31,32). The summed E-state index contributed by atoms with van der Waals surface area (Å²) in [6, 6.07) is 13.1. The summed E-state index contributed by atoms with van der Waals surface area (Å²) in [4.78, 5) is 35.5. The van der Waals surface area contributed by atoms with E-state index >= 15 is 0 Å². The number of nitrogens with zero attached hydrogens (tertiary/aromatic N) is 4. The lowest BCUT2D eigenvalue weighted by atomic mass is 10.0. The van der Waals surface area contributed by atoms with Crippen LogP contribution in [0.5, 0.6) is 23.4 Å². The van der Waals surface area contributed by atoms with Gasteiger partial charge in [0.1, 0.15) is 23.2 Å². The number of rotatable bonds is 7. The summed E-state index contributed by atoms with van der Waals surface area (Å²) in [6.45, 7) is 4.05. The van der Waals surface area contributed by atoms with Crippen molar-refractivity contribution in [1.82, 2.24) is 14.9 Å². The lowest BCUT2D eigenvalue weighted by Gasteiger charge is -2.28. The zero-order chi connectivity index (χ0) is 26.7. The maximum atomic E-state index is 12.8. The third-order valence-corrected chi connectivity index (χ3v) is 5.81. The second-order valence-corrected chi connectivity index (χ2v) is 9.99. The van der Waals surface area contributed by atoms with Gasteiger partial charge in [-0.2, -0.15) is 15.2 Å². The van der Waals surface area contributed by atoms with Crippen LogP contribution in [0.15, 0.2) is 46.9 Å². The van der Waals surface area contributed by atoms with Crippen LogP contribution < -0.4 is 20.1 Å². The Morgan fingerprint density at radius 1 is 1.16 bits per heavy atom. The van der Waals surface area contributed by atoms with Gasteiger partial charge in [0.25, 0.3) is 11.8 Å². The summed E-state index contributed by atoms with van der Waals surface area (Å²) in [5, 5.41) is 15.3. The number of halogens is 1. The minimum absolute atomic E-state index is 0.0337. The monoisotopic (exact) mass is 564 g/mol. The molecule has 0 aliphatic carbocycles. The number of anilines is 2. The van der Waals surface area contributed by atoms with Crippen LogP contribution in [0.2, 0.25) is 0 Å². The Hall–Kier alpha value is -4.17. The van der Waals surface area contributed by atoms with E-state index < -0.39 is 6.04 Å². The number of nitrogens with one attached hydrogen (secondary N) is 2. The lowest BCUT2D eigenvalue weighted by Crippen LogP contribution is -2.40. The minimum Gasteiger partial charge on any atom is -0.437 e. The molecular formula is C26H25BrN6O4. The molecule has 2 N–H and O–H groups in total. The number of amides is 2. The molecular weight excluding hydrogens is 540 g/mol. The number of ether oxygens (including phenoxy) is 2. The first-order chi connectivity index (χ1) is 17.6. The fourth-order valence-corrected chi connectivity index (χ4v) is 4.16. The quantitative estimate of drug-likeness (QED) is 0.401. The van der Waals surface area contributed by atoms with Crippen molar-refractivity contribution >= 4 is 39.2 Å². The molecule has 0 spiro atoms. The van der Waals surface area contributed by atoms with Gasteiger partial charge in [-0.25, -0.2) is 0 Å². The van der Waals surface area contributed by atoms with Gasteiger partial charge in [-0.1, -0.05) is 35.8 Å². The Labute approximate surface area is 222 Å². The first kappa shape index (κ1) is 25.9. The third-order valence-electron chi connectivity index (χ3n) is 5.35. The van der Waals surface area contributed by atoms with Crippen molar-refractivity contribution in [3.05, 3.63) is 58.1 Å². The second-order valence-electron chi connectivity index (χ2n) is 9.07. The average Bonchev–Trinajstić information content (AvgIpc) is 2.84. The van der Waals surface area contributed by atoms with E-state index in [0.717, 1.165) is 0 Å². The Morgan fingerprint density at radius 3 is 2.65 bits per heavy atom. The van der Waals surface area contributed by atoms with E-state index in [4.69, 9.17) is 9.47 Å². The molecule has 2 heterocycles. The van der Waals surface area contributed by atoms with E-state index in [-0.39, 0.29) is 35.3 Å². The predicted octanol–water partition coefficient (Wildman–Crippen LogP) is 5.18. The Kier molecular flexibility index (Phi) is 7.59.